The van der Waals surface area contributed by atoms with Crippen molar-refractivity contribution in [2.45, 2.75) is 58.9 Å². The van der Waals surface area contributed by atoms with E-state index in [1.54, 1.807) is 4.68 Å². The third-order valence-electron chi connectivity index (χ3n) is 2.86. The summed E-state index contributed by atoms with van der Waals surface area (Å²) in [5.74, 6) is 0.311. The molecule has 0 aliphatic rings. The monoisotopic (exact) mass is 253 g/mol. The van der Waals surface area contributed by atoms with Gasteiger partial charge >= 0.3 is 5.97 Å². The molecule has 0 N–H and O–H groups in total. The summed E-state index contributed by atoms with van der Waals surface area (Å²) in [5.41, 5.74) is 1.04. The van der Waals surface area contributed by atoms with Crippen LogP contribution in [-0.2, 0) is 16.1 Å². The van der Waals surface area contributed by atoms with Crippen molar-refractivity contribution in [1.29, 1.82) is 0 Å². The quantitative estimate of drug-likeness (QED) is 0.668. The first-order chi connectivity index (χ1) is 8.67. The minimum absolute atomic E-state index is 0.141. The molecular weight excluding hydrogens is 230 g/mol. The number of esters is 1. The van der Waals surface area contributed by atoms with Crippen LogP contribution in [0.1, 0.15) is 58.1 Å². The van der Waals surface area contributed by atoms with Crippen LogP contribution in [0.4, 0.5) is 0 Å². The third kappa shape index (κ3) is 4.85. The second-order valence-corrected chi connectivity index (χ2v) is 4.50. The van der Waals surface area contributed by atoms with Crippen LogP contribution in [0, 0.1) is 0 Å². The summed E-state index contributed by atoms with van der Waals surface area (Å²) in [6, 6.07) is 0. The van der Waals surface area contributed by atoms with Gasteiger partial charge in [-0.15, -0.1) is 5.10 Å². The smallest absolute Gasteiger partial charge is 0.305 e. The van der Waals surface area contributed by atoms with E-state index in [4.69, 9.17) is 4.74 Å². The van der Waals surface area contributed by atoms with E-state index < -0.39 is 0 Å². The van der Waals surface area contributed by atoms with E-state index in [9.17, 15) is 4.79 Å². The Hall–Kier alpha value is -1.39. The Morgan fingerprint density at radius 3 is 2.94 bits per heavy atom. The highest BCUT2D eigenvalue weighted by molar-refractivity contribution is 5.69. The van der Waals surface area contributed by atoms with Gasteiger partial charge in [-0.3, -0.25) is 9.48 Å². The van der Waals surface area contributed by atoms with Crippen molar-refractivity contribution in [2.75, 3.05) is 6.61 Å². The normalized spacial score (nSPS) is 12.4. The molecule has 0 aliphatic heterocycles. The fraction of sp³-hybridized carbons (Fsp3) is 0.769. The molecule has 0 amide bonds. The van der Waals surface area contributed by atoms with E-state index in [1.807, 2.05) is 13.1 Å². The summed E-state index contributed by atoms with van der Waals surface area (Å²) >= 11 is 0. The Bertz CT molecular complexity index is 363. The first kappa shape index (κ1) is 14.7. The first-order valence-corrected chi connectivity index (χ1v) is 6.73. The van der Waals surface area contributed by atoms with Gasteiger partial charge in [0.25, 0.3) is 0 Å². The van der Waals surface area contributed by atoms with Crippen molar-refractivity contribution in [3.63, 3.8) is 0 Å². The predicted octanol–water partition coefficient (Wildman–Crippen LogP) is 2.53. The van der Waals surface area contributed by atoms with E-state index >= 15 is 0 Å². The van der Waals surface area contributed by atoms with Crippen molar-refractivity contribution >= 4 is 5.97 Å². The number of carbonyl (C=O) groups is 1. The van der Waals surface area contributed by atoms with Gasteiger partial charge in [0.1, 0.15) is 0 Å². The first-order valence-electron chi connectivity index (χ1n) is 6.73. The molecule has 1 atom stereocenters. The van der Waals surface area contributed by atoms with Gasteiger partial charge in [-0.25, -0.2) is 0 Å². The van der Waals surface area contributed by atoms with E-state index in [2.05, 4.69) is 24.2 Å². The van der Waals surface area contributed by atoms with Crippen LogP contribution in [0.25, 0.3) is 0 Å². The van der Waals surface area contributed by atoms with Crippen molar-refractivity contribution in [3.05, 3.63) is 11.9 Å². The van der Waals surface area contributed by atoms with Crippen molar-refractivity contribution in [2.24, 2.45) is 0 Å². The molecule has 1 unspecified atom stereocenters. The Kier molecular flexibility index (Phi) is 6.39. The fourth-order valence-corrected chi connectivity index (χ4v) is 1.85. The lowest BCUT2D eigenvalue weighted by Gasteiger charge is -2.04. The van der Waals surface area contributed by atoms with Crippen LogP contribution in [0.3, 0.4) is 0 Å². The molecule has 0 aromatic carbocycles. The summed E-state index contributed by atoms with van der Waals surface area (Å²) in [4.78, 5) is 11.2. The molecule has 0 bridgehead atoms. The molecule has 5 nitrogen and oxygen atoms in total. The minimum atomic E-state index is -0.141. The maximum Gasteiger partial charge on any atom is 0.305 e. The molecule has 1 rings (SSSR count). The lowest BCUT2D eigenvalue weighted by Crippen LogP contribution is -2.06. The summed E-state index contributed by atoms with van der Waals surface area (Å²) in [6.45, 7) is 7.30. The Morgan fingerprint density at radius 1 is 1.50 bits per heavy atom. The van der Waals surface area contributed by atoms with Crippen molar-refractivity contribution in [1.82, 2.24) is 15.0 Å². The lowest BCUT2D eigenvalue weighted by atomic mass is 10.0. The molecule has 0 aliphatic carbocycles. The zero-order chi connectivity index (χ0) is 13.4. The van der Waals surface area contributed by atoms with Crippen LogP contribution in [0.15, 0.2) is 6.20 Å². The molecule has 102 valence electrons. The summed E-state index contributed by atoms with van der Waals surface area (Å²) in [6.07, 6.45) is 5.43. The molecule has 0 fully saturated rings. The highest BCUT2D eigenvalue weighted by Gasteiger charge is 2.09. The Balaban J connectivity index is 2.33. The van der Waals surface area contributed by atoms with Gasteiger partial charge in [-0.2, -0.15) is 0 Å². The van der Waals surface area contributed by atoms with Gasteiger partial charge in [0.15, 0.2) is 0 Å². The SMILES string of the molecule is CCCC(C)c1cn(CCCC(=O)OCC)nn1. The second kappa shape index (κ2) is 7.84. The number of rotatable bonds is 8. The molecule has 5 heteroatoms. The van der Waals surface area contributed by atoms with Crippen LogP contribution >= 0.6 is 0 Å². The molecule has 0 radical (unpaired) electrons. The number of nitrogens with zero attached hydrogens (tertiary/aromatic N) is 3. The second-order valence-electron chi connectivity index (χ2n) is 4.50. The van der Waals surface area contributed by atoms with Gasteiger partial charge in [0.05, 0.1) is 12.3 Å². The van der Waals surface area contributed by atoms with E-state index in [-0.39, 0.29) is 5.97 Å². The Labute approximate surface area is 109 Å². The largest absolute Gasteiger partial charge is 0.466 e. The highest BCUT2D eigenvalue weighted by Crippen LogP contribution is 2.17. The number of hydrogen-bond acceptors (Lipinski definition) is 4. The minimum Gasteiger partial charge on any atom is -0.466 e. The van der Waals surface area contributed by atoms with Gasteiger partial charge in [0, 0.05) is 25.1 Å². The molecule has 0 spiro atoms. The van der Waals surface area contributed by atoms with Crippen molar-refractivity contribution < 1.29 is 9.53 Å². The molecule has 1 aromatic heterocycles. The number of hydrogen-bond donors (Lipinski definition) is 0. The number of carbonyl (C=O) groups excluding carboxylic acids is 1. The predicted molar refractivity (Wildman–Crippen MR) is 69.2 cm³/mol. The number of ether oxygens (including phenoxy) is 1. The molecule has 18 heavy (non-hydrogen) atoms. The van der Waals surface area contributed by atoms with Crippen LogP contribution in [-0.4, -0.2) is 27.6 Å². The Morgan fingerprint density at radius 2 is 2.28 bits per heavy atom. The van der Waals surface area contributed by atoms with Crippen LogP contribution in [0.5, 0.6) is 0 Å². The number of aromatic nitrogens is 3. The third-order valence-corrected chi connectivity index (χ3v) is 2.86. The van der Waals surface area contributed by atoms with E-state index in [1.165, 1.54) is 0 Å². The zero-order valence-corrected chi connectivity index (χ0v) is 11.6. The van der Waals surface area contributed by atoms with Gasteiger partial charge in [0.2, 0.25) is 0 Å². The average Bonchev–Trinajstić information content (AvgIpc) is 2.78. The maximum atomic E-state index is 11.2. The van der Waals surface area contributed by atoms with Gasteiger partial charge < -0.3 is 4.74 Å². The highest BCUT2D eigenvalue weighted by atomic mass is 16.5. The fourth-order valence-electron chi connectivity index (χ4n) is 1.85. The molecule has 1 heterocycles. The topological polar surface area (TPSA) is 57.0 Å². The molecule has 0 saturated heterocycles. The van der Waals surface area contributed by atoms with Gasteiger partial charge in [-0.05, 0) is 19.8 Å². The van der Waals surface area contributed by atoms with Gasteiger partial charge in [-0.1, -0.05) is 25.5 Å². The van der Waals surface area contributed by atoms with E-state index in [0.29, 0.717) is 25.5 Å². The van der Waals surface area contributed by atoms with Crippen LogP contribution < -0.4 is 0 Å². The molecular formula is C13H23N3O2. The molecule has 1 aromatic rings. The van der Waals surface area contributed by atoms with Crippen molar-refractivity contribution in [3.8, 4) is 0 Å². The summed E-state index contributed by atoms with van der Waals surface area (Å²) in [7, 11) is 0. The number of aryl methyl sites for hydroxylation is 1. The summed E-state index contributed by atoms with van der Waals surface area (Å²) in [5, 5.41) is 8.24. The zero-order valence-electron chi connectivity index (χ0n) is 11.6. The summed E-state index contributed by atoms with van der Waals surface area (Å²) < 4.78 is 6.68. The van der Waals surface area contributed by atoms with E-state index in [0.717, 1.165) is 25.0 Å². The lowest BCUT2D eigenvalue weighted by molar-refractivity contribution is -0.143. The maximum absolute atomic E-state index is 11.2. The average molecular weight is 253 g/mol. The molecule has 0 saturated carbocycles. The van der Waals surface area contributed by atoms with Crippen LogP contribution in [0.2, 0.25) is 0 Å². The standard InChI is InChI=1S/C13H23N3O2/c1-4-7-11(3)12-10-16(15-14-12)9-6-8-13(17)18-5-2/h10-11H,4-9H2,1-3H3.